The Kier molecular flexibility index (Phi) is 2.25. The van der Waals surface area contributed by atoms with Crippen molar-refractivity contribution < 1.29 is 0 Å². The number of benzene rings is 4. The highest BCUT2D eigenvalue weighted by Crippen LogP contribution is 2.46. The Morgan fingerprint density at radius 2 is 1.33 bits per heavy atom. The first-order valence-corrected chi connectivity index (χ1v) is 9.12. The van der Waals surface area contributed by atoms with E-state index >= 15 is 0 Å². The van der Waals surface area contributed by atoms with Gasteiger partial charge in [0.1, 0.15) is 0 Å². The fourth-order valence-electron chi connectivity index (χ4n) is 4.61. The zero-order valence-corrected chi connectivity index (χ0v) is 14.3. The lowest BCUT2D eigenvalue weighted by atomic mass is 9.92. The smallest absolute Gasteiger partial charge is 0.0724 e. The number of aromatic amines is 1. The number of nitrogens with zero attached hydrogens (tertiary/aromatic N) is 2. The van der Waals surface area contributed by atoms with Gasteiger partial charge in [0.25, 0.3) is 0 Å². The van der Waals surface area contributed by atoms with Crippen molar-refractivity contribution >= 4 is 33.2 Å². The average Bonchev–Trinajstić information content (AvgIpc) is 3.37. The van der Waals surface area contributed by atoms with Crippen molar-refractivity contribution in [1.82, 2.24) is 4.98 Å². The Hall–Kier alpha value is -3.72. The lowest BCUT2D eigenvalue weighted by Crippen LogP contribution is -2.11. The van der Waals surface area contributed by atoms with Gasteiger partial charge in [0.05, 0.1) is 22.1 Å². The molecule has 1 aromatic heterocycles. The van der Waals surface area contributed by atoms with E-state index in [0.29, 0.717) is 0 Å². The molecule has 0 fully saturated rings. The van der Waals surface area contributed by atoms with Gasteiger partial charge in [-0.2, -0.15) is 0 Å². The van der Waals surface area contributed by atoms with Crippen LogP contribution in [0.15, 0.2) is 82.8 Å². The predicted molar refractivity (Wildman–Crippen MR) is 108 cm³/mol. The topological polar surface area (TPSA) is 40.5 Å². The normalized spacial score (nSPS) is 13.0. The molecule has 0 bridgehead atoms. The second-order valence-electron chi connectivity index (χ2n) is 7.15. The molecule has 0 saturated carbocycles. The number of nitrogens with one attached hydrogen (secondary N) is 1. The number of H-pyrrole nitrogens is 1. The number of aromatic nitrogens is 1. The van der Waals surface area contributed by atoms with Crippen LogP contribution < -0.4 is 10.7 Å². The van der Waals surface area contributed by atoms with Crippen LogP contribution in [0.5, 0.6) is 0 Å². The molecule has 3 nitrogen and oxygen atoms in total. The number of para-hydroxylation sites is 2. The summed E-state index contributed by atoms with van der Waals surface area (Å²) in [6.45, 7) is 0. The molecule has 0 radical (unpaired) electrons. The molecule has 0 unspecified atom stereocenters. The van der Waals surface area contributed by atoms with E-state index in [2.05, 4.69) is 71.7 Å². The fourth-order valence-corrected chi connectivity index (χ4v) is 4.61. The standard InChI is InChI=1S/C24H13N3/c1-3-7-15-13(5-1)21-17(25-15)9-11-19-23(21)24-20(27-19)12-10-18-22(24)14-6-2-4-8-16(14)26-18/h1-12,25H. The van der Waals surface area contributed by atoms with E-state index in [4.69, 9.17) is 9.98 Å². The summed E-state index contributed by atoms with van der Waals surface area (Å²) >= 11 is 0. The molecule has 4 aromatic carbocycles. The number of hydrogen-bond donors (Lipinski definition) is 1. The van der Waals surface area contributed by atoms with Crippen molar-refractivity contribution in [2.75, 3.05) is 0 Å². The predicted octanol–water partition coefficient (Wildman–Crippen LogP) is 5.18. The van der Waals surface area contributed by atoms with Crippen LogP contribution in [0.3, 0.4) is 0 Å². The van der Waals surface area contributed by atoms with Gasteiger partial charge >= 0.3 is 0 Å². The zero-order chi connectivity index (χ0) is 17.5. The van der Waals surface area contributed by atoms with Crippen LogP contribution in [0, 0.1) is 0 Å². The third kappa shape index (κ3) is 1.57. The maximum atomic E-state index is 4.95. The Labute approximate surface area is 154 Å². The summed E-state index contributed by atoms with van der Waals surface area (Å²) in [5, 5.41) is 4.57. The third-order valence-corrected chi connectivity index (χ3v) is 5.72. The van der Waals surface area contributed by atoms with Crippen LogP contribution in [0.25, 0.3) is 44.1 Å². The molecule has 27 heavy (non-hydrogen) atoms. The monoisotopic (exact) mass is 343 g/mol. The van der Waals surface area contributed by atoms with Crippen LogP contribution in [0.2, 0.25) is 0 Å². The van der Waals surface area contributed by atoms with Crippen molar-refractivity contribution in [2.24, 2.45) is 9.98 Å². The SMILES string of the molecule is c1ccc2c(c1)N=c1ccc3c(c1-2)-c1c(ccc2[nH]c4ccccc4c12)N=3. The molecule has 7 rings (SSSR count). The maximum absolute atomic E-state index is 4.95. The van der Waals surface area contributed by atoms with Crippen molar-refractivity contribution in [1.29, 1.82) is 0 Å². The number of fused-ring (bicyclic) bond motifs is 11. The van der Waals surface area contributed by atoms with Crippen LogP contribution in [-0.2, 0) is 0 Å². The van der Waals surface area contributed by atoms with E-state index in [1.165, 1.54) is 33.0 Å². The molecule has 0 atom stereocenters. The Bertz CT molecular complexity index is 1570. The second kappa shape index (κ2) is 4.51. The summed E-state index contributed by atoms with van der Waals surface area (Å²) in [6, 6.07) is 25.3. The molecule has 0 spiro atoms. The second-order valence-corrected chi connectivity index (χ2v) is 7.15. The molecular formula is C24H13N3. The van der Waals surface area contributed by atoms with E-state index in [9.17, 15) is 0 Å². The van der Waals surface area contributed by atoms with Gasteiger partial charge in [0.15, 0.2) is 0 Å². The fraction of sp³-hybridized carbons (Fsp3) is 0. The first-order chi connectivity index (χ1) is 13.4. The molecule has 5 aromatic rings. The first kappa shape index (κ1) is 13.5. The van der Waals surface area contributed by atoms with Crippen molar-refractivity contribution in [3.05, 3.63) is 83.5 Å². The van der Waals surface area contributed by atoms with Gasteiger partial charge in [0.2, 0.25) is 0 Å². The molecule has 0 amide bonds. The van der Waals surface area contributed by atoms with Crippen molar-refractivity contribution in [3.8, 4) is 22.3 Å². The van der Waals surface area contributed by atoms with Gasteiger partial charge < -0.3 is 4.98 Å². The van der Waals surface area contributed by atoms with Gasteiger partial charge in [-0.05, 0) is 36.4 Å². The highest BCUT2D eigenvalue weighted by molar-refractivity contribution is 6.18. The molecule has 3 heterocycles. The summed E-state index contributed by atoms with van der Waals surface area (Å²) in [5.74, 6) is 0. The van der Waals surface area contributed by atoms with Crippen LogP contribution in [-0.4, -0.2) is 4.98 Å². The van der Waals surface area contributed by atoms with E-state index in [1.54, 1.807) is 0 Å². The van der Waals surface area contributed by atoms with Crippen molar-refractivity contribution in [3.63, 3.8) is 0 Å². The minimum absolute atomic E-state index is 1.04. The Morgan fingerprint density at radius 1 is 0.556 bits per heavy atom. The molecule has 2 aliphatic heterocycles. The summed E-state index contributed by atoms with van der Waals surface area (Å²) in [5.41, 5.74) is 9.24. The van der Waals surface area contributed by atoms with Gasteiger partial charge in [0, 0.05) is 44.1 Å². The number of hydrogen-bond acceptors (Lipinski definition) is 2. The molecule has 0 aliphatic carbocycles. The summed E-state index contributed by atoms with van der Waals surface area (Å²) < 4.78 is 0. The Balaban J connectivity index is 1.71. The molecule has 2 aliphatic rings. The number of rotatable bonds is 0. The van der Waals surface area contributed by atoms with E-state index in [1.807, 2.05) is 6.07 Å². The van der Waals surface area contributed by atoms with Crippen LogP contribution in [0.1, 0.15) is 0 Å². The lowest BCUT2D eigenvalue weighted by Gasteiger charge is -2.08. The van der Waals surface area contributed by atoms with E-state index < -0.39 is 0 Å². The minimum atomic E-state index is 1.04. The van der Waals surface area contributed by atoms with Crippen molar-refractivity contribution in [2.45, 2.75) is 0 Å². The van der Waals surface area contributed by atoms with Gasteiger partial charge in [-0.3, -0.25) is 0 Å². The molecule has 0 saturated heterocycles. The molecular weight excluding hydrogens is 330 g/mol. The molecule has 124 valence electrons. The zero-order valence-electron chi connectivity index (χ0n) is 14.3. The average molecular weight is 343 g/mol. The minimum Gasteiger partial charge on any atom is -0.354 e. The van der Waals surface area contributed by atoms with Crippen LogP contribution >= 0.6 is 0 Å². The first-order valence-electron chi connectivity index (χ1n) is 9.12. The maximum Gasteiger partial charge on any atom is 0.0724 e. The van der Waals surface area contributed by atoms with E-state index in [0.717, 1.165) is 33.1 Å². The highest BCUT2D eigenvalue weighted by Gasteiger charge is 2.26. The van der Waals surface area contributed by atoms with Crippen LogP contribution in [0.4, 0.5) is 11.4 Å². The quantitative estimate of drug-likeness (QED) is 0.394. The molecule has 3 heteroatoms. The Morgan fingerprint density at radius 3 is 2.30 bits per heavy atom. The lowest BCUT2D eigenvalue weighted by molar-refractivity contribution is 1.37. The summed E-state index contributed by atoms with van der Waals surface area (Å²) in [4.78, 5) is 13.4. The van der Waals surface area contributed by atoms with E-state index in [-0.39, 0.29) is 0 Å². The van der Waals surface area contributed by atoms with Gasteiger partial charge in [-0.1, -0.05) is 36.4 Å². The highest BCUT2D eigenvalue weighted by atomic mass is 14.8. The largest absolute Gasteiger partial charge is 0.354 e. The van der Waals surface area contributed by atoms with Gasteiger partial charge in [-0.25, -0.2) is 9.98 Å². The third-order valence-electron chi connectivity index (χ3n) is 5.72. The summed E-state index contributed by atoms with van der Waals surface area (Å²) in [7, 11) is 0. The molecule has 1 N–H and O–H groups in total. The summed E-state index contributed by atoms with van der Waals surface area (Å²) in [6.07, 6.45) is 0. The van der Waals surface area contributed by atoms with Gasteiger partial charge in [-0.15, -0.1) is 0 Å².